The number of fused-ring (bicyclic) bond motifs is 1. The first-order valence-electron chi connectivity index (χ1n) is 9.24. The Morgan fingerprint density at radius 3 is 2.64 bits per heavy atom. The van der Waals surface area contributed by atoms with E-state index in [4.69, 9.17) is 4.74 Å². The average molecular weight is 372 g/mol. The quantitative estimate of drug-likeness (QED) is 0.671. The Morgan fingerprint density at radius 1 is 1.00 bits per heavy atom. The zero-order valence-electron chi connectivity index (χ0n) is 15.4. The largest absolute Gasteiger partial charge is 0.482 e. The molecule has 4 rings (SSSR count). The number of pyridine rings is 1. The second kappa shape index (κ2) is 8.05. The van der Waals surface area contributed by atoms with Crippen molar-refractivity contribution in [3.63, 3.8) is 0 Å². The molecule has 3 aromatic rings. The minimum absolute atomic E-state index is 0.0531. The second-order valence-corrected chi connectivity index (χ2v) is 6.83. The van der Waals surface area contributed by atoms with E-state index in [1.165, 1.54) is 0 Å². The molecule has 0 saturated heterocycles. The van der Waals surface area contributed by atoms with Crippen molar-refractivity contribution in [2.24, 2.45) is 0 Å². The molecule has 1 aliphatic rings. The number of nitrogens with zero attached hydrogens (tertiary/aromatic N) is 1. The second-order valence-electron chi connectivity index (χ2n) is 6.83. The summed E-state index contributed by atoms with van der Waals surface area (Å²) in [7, 11) is 0. The number of hydrogen-bond acceptors (Lipinski definition) is 4. The van der Waals surface area contributed by atoms with Crippen LogP contribution >= 0.6 is 0 Å². The molecular weight excluding hydrogens is 352 g/mol. The Kier molecular flexibility index (Phi) is 5.15. The lowest BCUT2D eigenvalue weighted by molar-refractivity contribution is -0.118. The minimum Gasteiger partial charge on any atom is -0.482 e. The first kappa shape index (κ1) is 17.9. The Labute approximate surface area is 163 Å². The maximum Gasteiger partial charge on any atom is 0.262 e. The number of rotatable bonds is 6. The van der Waals surface area contributed by atoms with Crippen molar-refractivity contribution in [3.05, 3.63) is 89.2 Å². The van der Waals surface area contributed by atoms with Crippen molar-refractivity contribution in [2.75, 3.05) is 11.9 Å². The summed E-state index contributed by atoms with van der Waals surface area (Å²) in [5, 5.41) is 2.79. The van der Waals surface area contributed by atoms with E-state index in [9.17, 15) is 9.59 Å². The standard InChI is InChI=1S/C23H20N2O3/c26-21(12-18-4-2-10-24-14-18)19-5-1-3-16(11-19)6-7-17-8-9-20-22(13-17)28-15-23(27)25-20/h1-5,8-11,13-14H,6-7,12,15H2,(H,25,27). The van der Waals surface area contributed by atoms with Crippen molar-refractivity contribution in [2.45, 2.75) is 19.3 Å². The third-order valence-corrected chi connectivity index (χ3v) is 4.72. The van der Waals surface area contributed by atoms with E-state index < -0.39 is 0 Å². The Balaban J connectivity index is 1.41. The van der Waals surface area contributed by atoms with Crippen molar-refractivity contribution in [3.8, 4) is 5.75 Å². The van der Waals surface area contributed by atoms with Crippen molar-refractivity contribution in [1.82, 2.24) is 4.98 Å². The zero-order chi connectivity index (χ0) is 19.3. The van der Waals surface area contributed by atoms with Crippen molar-refractivity contribution >= 4 is 17.4 Å². The van der Waals surface area contributed by atoms with Gasteiger partial charge in [-0.05, 0) is 53.8 Å². The number of nitrogens with one attached hydrogen (secondary N) is 1. The van der Waals surface area contributed by atoms with E-state index >= 15 is 0 Å². The summed E-state index contributed by atoms with van der Waals surface area (Å²) in [5.41, 5.74) is 4.59. The fourth-order valence-electron chi connectivity index (χ4n) is 3.25. The molecule has 5 nitrogen and oxygen atoms in total. The summed E-state index contributed by atoms with van der Waals surface area (Å²) in [5.74, 6) is 0.665. The average Bonchev–Trinajstić information content (AvgIpc) is 2.73. The van der Waals surface area contributed by atoms with Crippen LogP contribution < -0.4 is 10.1 Å². The Bertz CT molecular complexity index is 1020. The van der Waals surface area contributed by atoms with Gasteiger partial charge in [0.15, 0.2) is 12.4 Å². The van der Waals surface area contributed by atoms with Crippen molar-refractivity contribution in [1.29, 1.82) is 0 Å². The van der Waals surface area contributed by atoms with Gasteiger partial charge < -0.3 is 10.1 Å². The van der Waals surface area contributed by atoms with Crippen LogP contribution in [0.25, 0.3) is 0 Å². The number of carbonyl (C=O) groups is 2. The normalized spacial score (nSPS) is 12.6. The van der Waals surface area contributed by atoms with Gasteiger partial charge >= 0.3 is 0 Å². The van der Waals surface area contributed by atoms with E-state index in [0.717, 1.165) is 35.1 Å². The Morgan fingerprint density at radius 2 is 1.82 bits per heavy atom. The number of benzene rings is 2. The first-order chi connectivity index (χ1) is 13.7. The number of carbonyl (C=O) groups excluding carboxylic acids is 2. The summed E-state index contributed by atoms with van der Waals surface area (Å²) >= 11 is 0. The van der Waals surface area contributed by atoms with Gasteiger partial charge in [-0.15, -0.1) is 0 Å². The molecule has 0 fully saturated rings. The monoisotopic (exact) mass is 372 g/mol. The van der Waals surface area contributed by atoms with Gasteiger partial charge in [-0.1, -0.05) is 30.3 Å². The maximum atomic E-state index is 12.5. The molecule has 1 aromatic heterocycles. The highest BCUT2D eigenvalue weighted by atomic mass is 16.5. The molecule has 0 unspecified atom stereocenters. The van der Waals surface area contributed by atoms with Gasteiger partial charge in [-0.25, -0.2) is 0 Å². The third kappa shape index (κ3) is 4.26. The molecule has 1 amide bonds. The lowest BCUT2D eigenvalue weighted by Crippen LogP contribution is -2.25. The SMILES string of the molecule is O=C1COc2cc(CCc3cccc(C(=O)Cc4cccnc4)c3)ccc2N1. The summed E-state index contributed by atoms with van der Waals surface area (Å²) < 4.78 is 5.47. The van der Waals surface area contributed by atoms with Crippen LogP contribution in [0, 0.1) is 0 Å². The molecule has 1 aliphatic heterocycles. The fraction of sp³-hybridized carbons (Fsp3) is 0.174. The molecule has 5 heteroatoms. The predicted octanol–water partition coefficient (Wildman–Crippen LogP) is 3.62. The summed E-state index contributed by atoms with van der Waals surface area (Å²) in [4.78, 5) is 28.0. The van der Waals surface area contributed by atoms with Crippen LogP contribution in [0.4, 0.5) is 5.69 Å². The maximum absolute atomic E-state index is 12.5. The Hall–Kier alpha value is -3.47. The highest BCUT2D eigenvalue weighted by Gasteiger charge is 2.16. The van der Waals surface area contributed by atoms with Gasteiger partial charge in [0.1, 0.15) is 5.75 Å². The molecule has 2 heterocycles. The topological polar surface area (TPSA) is 68.3 Å². The molecule has 0 bridgehead atoms. The lowest BCUT2D eigenvalue weighted by Gasteiger charge is -2.18. The van der Waals surface area contributed by atoms with Crippen LogP contribution in [0.5, 0.6) is 5.75 Å². The smallest absolute Gasteiger partial charge is 0.262 e. The zero-order valence-corrected chi connectivity index (χ0v) is 15.4. The summed E-state index contributed by atoms with van der Waals surface area (Å²) in [6, 6.07) is 17.4. The fourth-order valence-corrected chi connectivity index (χ4v) is 3.25. The van der Waals surface area contributed by atoms with Gasteiger partial charge in [0.25, 0.3) is 5.91 Å². The molecule has 0 atom stereocenters. The number of Topliss-reactive ketones (excluding diaryl/α,β-unsaturated/α-hetero) is 1. The molecule has 0 aliphatic carbocycles. The first-order valence-corrected chi connectivity index (χ1v) is 9.24. The molecule has 140 valence electrons. The molecule has 28 heavy (non-hydrogen) atoms. The minimum atomic E-state index is -0.131. The van der Waals surface area contributed by atoms with Crippen LogP contribution in [0.1, 0.15) is 27.0 Å². The van der Waals surface area contributed by atoms with E-state index in [1.54, 1.807) is 12.4 Å². The van der Waals surface area contributed by atoms with Crippen LogP contribution in [0.15, 0.2) is 67.0 Å². The van der Waals surface area contributed by atoms with Crippen LogP contribution in [0.3, 0.4) is 0 Å². The predicted molar refractivity (Wildman–Crippen MR) is 107 cm³/mol. The van der Waals surface area contributed by atoms with Crippen LogP contribution in [0.2, 0.25) is 0 Å². The van der Waals surface area contributed by atoms with Gasteiger partial charge in [0, 0.05) is 24.4 Å². The van der Waals surface area contributed by atoms with Crippen LogP contribution in [-0.4, -0.2) is 23.3 Å². The number of ketones is 1. The van der Waals surface area contributed by atoms with E-state index in [2.05, 4.69) is 10.3 Å². The summed E-state index contributed by atoms with van der Waals surface area (Å²) in [6.45, 7) is 0.0531. The number of aryl methyl sites for hydroxylation is 2. The molecule has 1 N–H and O–H groups in total. The van der Waals surface area contributed by atoms with Gasteiger partial charge in [-0.3, -0.25) is 14.6 Å². The van der Waals surface area contributed by atoms with E-state index in [-0.39, 0.29) is 18.3 Å². The number of hydrogen-bond donors (Lipinski definition) is 1. The highest BCUT2D eigenvalue weighted by Crippen LogP contribution is 2.29. The summed E-state index contributed by atoms with van der Waals surface area (Å²) in [6.07, 6.45) is 5.42. The number of anilines is 1. The van der Waals surface area contributed by atoms with Gasteiger partial charge in [0.05, 0.1) is 5.69 Å². The lowest BCUT2D eigenvalue weighted by atomic mass is 9.98. The van der Waals surface area contributed by atoms with E-state index in [0.29, 0.717) is 17.9 Å². The van der Waals surface area contributed by atoms with Gasteiger partial charge in [-0.2, -0.15) is 0 Å². The molecule has 0 saturated carbocycles. The van der Waals surface area contributed by atoms with Crippen molar-refractivity contribution < 1.29 is 14.3 Å². The van der Waals surface area contributed by atoms with E-state index in [1.807, 2.05) is 54.6 Å². The van der Waals surface area contributed by atoms with Crippen LogP contribution in [-0.2, 0) is 24.1 Å². The third-order valence-electron chi connectivity index (χ3n) is 4.72. The molecule has 2 aromatic carbocycles. The number of amides is 1. The number of aromatic nitrogens is 1. The molecular formula is C23H20N2O3. The highest BCUT2D eigenvalue weighted by molar-refractivity contribution is 5.97. The number of ether oxygens (including phenoxy) is 1. The van der Waals surface area contributed by atoms with Gasteiger partial charge in [0.2, 0.25) is 0 Å². The molecule has 0 radical (unpaired) electrons. The molecule has 0 spiro atoms.